The van der Waals surface area contributed by atoms with E-state index < -0.39 is 0 Å². The van der Waals surface area contributed by atoms with Gasteiger partial charge in [0, 0.05) is 12.4 Å². The van der Waals surface area contributed by atoms with Gasteiger partial charge in [0.2, 0.25) is 0 Å². The molecule has 0 spiro atoms. The number of aromatic nitrogens is 1. The molecule has 0 radical (unpaired) electrons. The quantitative estimate of drug-likeness (QED) is 0.482. The van der Waals surface area contributed by atoms with E-state index in [4.69, 9.17) is 0 Å². The normalized spacial score (nSPS) is 12.6. The van der Waals surface area contributed by atoms with Gasteiger partial charge in [0.05, 0.1) is 0 Å². The first-order valence-electron chi connectivity index (χ1n) is 7.78. The van der Waals surface area contributed by atoms with E-state index in [2.05, 4.69) is 37.2 Å². The van der Waals surface area contributed by atoms with Crippen LogP contribution in [0.2, 0.25) is 0 Å². The van der Waals surface area contributed by atoms with Crippen LogP contribution in [0.5, 0.6) is 0 Å². The standard InChI is InChI=1S/C17H29N/c1-3-5-7-9-12-16(11-8-6-4-2)17-13-10-14-18-15-17/h10,13-16H,3-9,11-12H2,1-2H3. The molecular formula is C17H29N. The SMILES string of the molecule is CCCCCCC(CCCCC)c1cccnc1. The molecule has 0 aliphatic heterocycles. The van der Waals surface area contributed by atoms with Crippen LogP contribution in [0.15, 0.2) is 24.5 Å². The van der Waals surface area contributed by atoms with Crippen LogP contribution in [-0.4, -0.2) is 4.98 Å². The second kappa shape index (κ2) is 10.1. The molecule has 0 aromatic carbocycles. The van der Waals surface area contributed by atoms with Crippen LogP contribution < -0.4 is 0 Å². The second-order valence-corrected chi connectivity index (χ2v) is 5.33. The molecule has 0 aliphatic carbocycles. The van der Waals surface area contributed by atoms with Crippen molar-refractivity contribution < 1.29 is 0 Å². The fourth-order valence-electron chi connectivity index (χ4n) is 2.55. The zero-order valence-electron chi connectivity index (χ0n) is 12.2. The third-order valence-corrected chi connectivity index (χ3v) is 3.72. The molecular weight excluding hydrogens is 218 g/mol. The van der Waals surface area contributed by atoms with Crippen molar-refractivity contribution in [2.24, 2.45) is 0 Å². The zero-order chi connectivity index (χ0) is 13.1. The summed E-state index contributed by atoms with van der Waals surface area (Å²) in [6.07, 6.45) is 16.1. The highest BCUT2D eigenvalue weighted by atomic mass is 14.6. The molecule has 18 heavy (non-hydrogen) atoms. The van der Waals surface area contributed by atoms with E-state index in [1.165, 1.54) is 63.4 Å². The van der Waals surface area contributed by atoms with Crippen LogP contribution in [0.1, 0.15) is 83.1 Å². The minimum atomic E-state index is 0.738. The molecule has 0 saturated heterocycles. The molecule has 1 heteroatoms. The van der Waals surface area contributed by atoms with E-state index in [0.717, 1.165) is 5.92 Å². The van der Waals surface area contributed by atoms with E-state index in [1.54, 1.807) is 0 Å². The van der Waals surface area contributed by atoms with E-state index in [9.17, 15) is 0 Å². The van der Waals surface area contributed by atoms with E-state index in [-0.39, 0.29) is 0 Å². The molecule has 1 aromatic heterocycles. The van der Waals surface area contributed by atoms with Crippen molar-refractivity contribution in [3.05, 3.63) is 30.1 Å². The van der Waals surface area contributed by atoms with Crippen molar-refractivity contribution in [3.63, 3.8) is 0 Å². The Hall–Kier alpha value is -0.850. The highest BCUT2D eigenvalue weighted by molar-refractivity contribution is 5.14. The molecule has 0 aliphatic rings. The lowest BCUT2D eigenvalue weighted by molar-refractivity contribution is 0.500. The molecule has 0 amide bonds. The Morgan fingerprint density at radius 2 is 1.61 bits per heavy atom. The maximum Gasteiger partial charge on any atom is 0.0302 e. The van der Waals surface area contributed by atoms with Gasteiger partial charge < -0.3 is 0 Å². The highest BCUT2D eigenvalue weighted by Gasteiger charge is 2.10. The molecule has 1 aromatic rings. The van der Waals surface area contributed by atoms with E-state index in [1.807, 2.05) is 6.20 Å². The van der Waals surface area contributed by atoms with Gasteiger partial charge in [0.25, 0.3) is 0 Å². The molecule has 0 bridgehead atoms. The summed E-state index contributed by atoms with van der Waals surface area (Å²) in [6, 6.07) is 4.33. The third kappa shape index (κ3) is 6.18. The lowest BCUT2D eigenvalue weighted by Crippen LogP contribution is -2.00. The minimum absolute atomic E-state index is 0.738. The number of pyridine rings is 1. The van der Waals surface area contributed by atoms with Gasteiger partial charge in [0.1, 0.15) is 0 Å². The summed E-state index contributed by atoms with van der Waals surface area (Å²) in [6.45, 7) is 4.56. The smallest absolute Gasteiger partial charge is 0.0302 e. The van der Waals surface area contributed by atoms with Gasteiger partial charge in [-0.1, -0.05) is 64.9 Å². The topological polar surface area (TPSA) is 12.9 Å². The van der Waals surface area contributed by atoms with Crippen molar-refractivity contribution in [2.75, 3.05) is 0 Å². The molecule has 102 valence electrons. The number of nitrogens with zero attached hydrogens (tertiary/aromatic N) is 1. The van der Waals surface area contributed by atoms with Gasteiger partial charge in [-0.15, -0.1) is 0 Å². The predicted molar refractivity (Wildman–Crippen MR) is 79.9 cm³/mol. The summed E-state index contributed by atoms with van der Waals surface area (Å²) >= 11 is 0. The van der Waals surface area contributed by atoms with Crippen LogP contribution in [0.25, 0.3) is 0 Å². The maximum absolute atomic E-state index is 4.28. The lowest BCUT2D eigenvalue weighted by atomic mass is 9.89. The van der Waals surface area contributed by atoms with Crippen molar-refractivity contribution in [1.29, 1.82) is 0 Å². The largest absolute Gasteiger partial charge is 0.264 e. The number of rotatable bonds is 10. The fourth-order valence-corrected chi connectivity index (χ4v) is 2.55. The Morgan fingerprint density at radius 1 is 0.944 bits per heavy atom. The minimum Gasteiger partial charge on any atom is -0.264 e. The summed E-state index contributed by atoms with van der Waals surface area (Å²) in [5.41, 5.74) is 1.45. The molecule has 0 saturated carbocycles. The Balaban J connectivity index is 2.42. The monoisotopic (exact) mass is 247 g/mol. The summed E-state index contributed by atoms with van der Waals surface area (Å²) in [7, 11) is 0. The second-order valence-electron chi connectivity index (χ2n) is 5.33. The van der Waals surface area contributed by atoms with Crippen molar-refractivity contribution >= 4 is 0 Å². The summed E-state index contributed by atoms with van der Waals surface area (Å²) in [4.78, 5) is 4.28. The van der Waals surface area contributed by atoms with Crippen molar-refractivity contribution in [1.82, 2.24) is 4.98 Å². The Bertz CT molecular complexity index is 281. The Morgan fingerprint density at radius 3 is 2.22 bits per heavy atom. The predicted octanol–water partition coefficient (Wildman–Crippen LogP) is 5.72. The van der Waals surface area contributed by atoms with Crippen LogP contribution in [0.4, 0.5) is 0 Å². The number of unbranched alkanes of at least 4 members (excludes halogenated alkanes) is 5. The van der Waals surface area contributed by atoms with Gasteiger partial charge in [-0.2, -0.15) is 0 Å². The van der Waals surface area contributed by atoms with Crippen molar-refractivity contribution in [2.45, 2.75) is 77.6 Å². The first-order valence-corrected chi connectivity index (χ1v) is 7.78. The third-order valence-electron chi connectivity index (χ3n) is 3.72. The van der Waals surface area contributed by atoms with E-state index >= 15 is 0 Å². The average Bonchev–Trinajstić information content (AvgIpc) is 2.42. The molecule has 1 rings (SSSR count). The molecule has 0 fully saturated rings. The van der Waals surface area contributed by atoms with Gasteiger partial charge in [0.15, 0.2) is 0 Å². The van der Waals surface area contributed by atoms with Crippen LogP contribution in [0.3, 0.4) is 0 Å². The van der Waals surface area contributed by atoms with Crippen LogP contribution in [0, 0.1) is 0 Å². The van der Waals surface area contributed by atoms with E-state index in [0.29, 0.717) is 0 Å². The number of hydrogen-bond acceptors (Lipinski definition) is 1. The van der Waals surface area contributed by atoms with Gasteiger partial charge in [-0.05, 0) is 30.4 Å². The molecule has 1 nitrogen and oxygen atoms in total. The summed E-state index contributed by atoms with van der Waals surface area (Å²) < 4.78 is 0. The fraction of sp³-hybridized carbons (Fsp3) is 0.706. The average molecular weight is 247 g/mol. The Labute approximate surface area is 113 Å². The molecule has 1 unspecified atom stereocenters. The van der Waals surface area contributed by atoms with Crippen LogP contribution >= 0.6 is 0 Å². The highest BCUT2D eigenvalue weighted by Crippen LogP contribution is 2.27. The molecule has 1 heterocycles. The summed E-state index contributed by atoms with van der Waals surface area (Å²) in [5, 5.41) is 0. The van der Waals surface area contributed by atoms with Crippen LogP contribution in [-0.2, 0) is 0 Å². The first-order chi connectivity index (χ1) is 8.88. The van der Waals surface area contributed by atoms with Gasteiger partial charge >= 0.3 is 0 Å². The van der Waals surface area contributed by atoms with Gasteiger partial charge in [-0.25, -0.2) is 0 Å². The zero-order valence-corrected chi connectivity index (χ0v) is 12.2. The molecule has 1 atom stereocenters. The number of hydrogen-bond donors (Lipinski definition) is 0. The molecule has 0 N–H and O–H groups in total. The Kier molecular flexibility index (Phi) is 8.54. The first kappa shape index (κ1) is 15.2. The lowest BCUT2D eigenvalue weighted by Gasteiger charge is -2.16. The van der Waals surface area contributed by atoms with Gasteiger partial charge in [-0.3, -0.25) is 4.98 Å². The summed E-state index contributed by atoms with van der Waals surface area (Å²) in [5.74, 6) is 0.738. The maximum atomic E-state index is 4.28. The van der Waals surface area contributed by atoms with Crippen molar-refractivity contribution in [3.8, 4) is 0 Å².